The van der Waals surface area contributed by atoms with Crippen LogP contribution in [0, 0.1) is 0 Å². The van der Waals surface area contributed by atoms with Crippen LogP contribution in [-0.4, -0.2) is 16.7 Å². The third-order valence-corrected chi connectivity index (χ3v) is 2.63. The lowest BCUT2D eigenvalue weighted by atomic mass is 9.90. The molecule has 0 bridgehead atoms. The van der Waals surface area contributed by atoms with Gasteiger partial charge in [0.25, 0.3) is 0 Å². The van der Waals surface area contributed by atoms with Crippen LogP contribution in [0.3, 0.4) is 0 Å². The molecule has 15 heavy (non-hydrogen) atoms. The second-order valence-corrected chi connectivity index (χ2v) is 3.79. The van der Waals surface area contributed by atoms with Gasteiger partial charge in [0.15, 0.2) is 5.82 Å². The molecular formula is C12H15N3. The van der Waals surface area contributed by atoms with E-state index in [1.807, 2.05) is 12.3 Å². The van der Waals surface area contributed by atoms with Gasteiger partial charge in [-0.2, -0.15) is 5.10 Å². The van der Waals surface area contributed by atoms with Crippen molar-refractivity contribution >= 4 is 5.82 Å². The number of hydrogen-bond acceptors (Lipinski definition) is 3. The molecule has 0 amide bonds. The molecule has 1 aliphatic rings. The quantitative estimate of drug-likeness (QED) is 0.761. The molecule has 0 saturated carbocycles. The molecule has 0 fully saturated rings. The van der Waals surface area contributed by atoms with Gasteiger partial charge >= 0.3 is 0 Å². The highest BCUT2D eigenvalue weighted by Gasteiger charge is 2.16. The van der Waals surface area contributed by atoms with Crippen molar-refractivity contribution in [2.24, 2.45) is 0 Å². The summed E-state index contributed by atoms with van der Waals surface area (Å²) in [6.07, 6.45) is 6.70. The van der Waals surface area contributed by atoms with Crippen LogP contribution in [0.2, 0.25) is 0 Å². The smallest absolute Gasteiger partial charge is 0.152 e. The zero-order valence-electron chi connectivity index (χ0n) is 8.79. The number of allylic oxidation sites excluding steroid dienone is 1. The van der Waals surface area contributed by atoms with Crippen LogP contribution in [-0.2, 0) is 12.8 Å². The van der Waals surface area contributed by atoms with Gasteiger partial charge in [-0.25, -0.2) is 0 Å². The molecule has 0 atom stereocenters. The molecule has 0 unspecified atom stereocenters. The van der Waals surface area contributed by atoms with E-state index in [1.165, 1.54) is 16.7 Å². The van der Waals surface area contributed by atoms with Gasteiger partial charge in [0.1, 0.15) is 0 Å². The first kappa shape index (κ1) is 9.90. The number of nitrogens with zero attached hydrogens (tertiary/aromatic N) is 2. The van der Waals surface area contributed by atoms with Crippen LogP contribution in [0.4, 0.5) is 5.82 Å². The lowest BCUT2D eigenvalue weighted by Crippen LogP contribution is -2.12. The van der Waals surface area contributed by atoms with Gasteiger partial charge in [-0.15, -0.1) is 11.7 Å². The van der Waals surface area contributed by atoms with Crippen molar-refractivity contribution in [2.45, 2.75) is 19.3 Å². The maximum atomic E-state index is 4.11. The number of anilines is 1. The Labute approximate surface area is 89.9 Å². The molecule has 78 valence electrons. The molecule has 0 spiro atoms. The monoisotopic (exact) mass is 201 g/mol. The van der Waals surface area contributed by atoms with E-state index in [9.17, 15) is 0 Å². The van der Waals surface area contributed by atoms with Crippen molar-refractivity contribution in [3.8, 4) is 0 Å². The summed E-state index contributed by atoms with van der Waals surface area (Å²) >= 11 is 0. The Hall–Kier alpha value is -1.64. The Morgan fingerprint density at radius 3 is 3.13 bits per heavy atom. The van der Waals surface area contributed by atoms with Crippen LogP contribution in [0.1, 0.15) is 17.5 Å². The van der Waals surface area contributed by atoms with Crippen LogP contribution in [0.5, 0.6) is 0 Å². The van der Waals surface area contributed by atoms with Gasteiger partial charge in [0, 0.05) is 12.1 Å². The second-order valence-electron chi connectivity index (χ2n) is 3.79. The highest BCUT2D eigenvalue weighted by molar-refractivity contribution is 5.50. The molecule has 0 aromatic carbocycles. The number of fused-ring (bicyclic) bond motifs is 1. The van der Waals surface area contributed by atoms with Crippen LogP contribution >= 0.6 is 0 Å². The molecular weight excluding hydrogens is 186 g/mol. The molecule has 0 aliphatic heterocycles. The first-order valence-electron chi connectivity index (χ1n) is 5.16. The molecule has 0 saturated heterocycles. The minimum Gasteiger partial charge on any atom is -0.365 e. The summed E-state index contributed by atoms with van der Waals surface area (Å²) in [5.41, 5.74) is 3.82. The second kappa shape index (κ2) is 4.26. The number of rotatable bonds is 3. The molecule has 1 aliphatic carbocycles. The first-order chi connectivity index (χ1) is 7.31. The summed E-state index contributed by atoms with van der Waals surface area (Å²) in [6, 6.07) is 0. The number of aryl methyl sites for hydroxylation is 1. The van der Waals surface area contributed by atoms with Crippen LogP contribution in [0.25, 0.3) is 0 Å². The average Bonchev–Trinajstić information content (AvgIpc) is 2.26. The highest BCUT2D eigenvalue weighted by atomic mass is 15.2. The summed E-state index contributed by atoms with van der Waals surface area (Å²) in [4.78, 5) is 0. The summed E-state index contributed by atoms with van der Waals surface area (Å²) in [5, 5.41) is 11.3. The minimum absolute atomic E-state index is 0.720. The fraction of sp³-hybridized carbons (Fsp3) is 0.333. The average molecular weight is 201 g/mol. The molecule has 1 heterocycles. The van der Waals surface area contributed by atoms with Gasteiger partial charge < -0.3 is 5.32 Å². The Morgan fingerprint density at radius 2 is 2.33 bits per heavy atom. The minimum atomic E-state index is 0.720. The predicted octanol–water partition coefficient (Wildman–Crippen LogP) is 2.12. The topological polar surface area (TPSA) is 37.8 Å². The normalized spacial score (nSPS) is 14.5. The molecule has 3 nitrogen and oxygen atoms in total. The summed E-state index contributed by atoms with van der Waals surface area (Å²) in [6.45, 7) is 8.43. The van der Waals surface area contributed by atoms with E-state index in [-0.39, 0.29) is 0 Å². The molecule has 1 aromatic rings. The summed E-state index contributed by atoms with van der Waals surface area (Å²) in [7, 11) is 0. The Balaban J connectivity index is 2.30. The van der Waals surface area contributed by atoms with Gasteiger partial charge in [-0.3, -0.25) is 0 Å². The van der Waals surface area contributed by atoms with Gasteiger partial charge in [0.2, 0.25) is 0 Å². The fourth-order valence-electron chi connectivity index (χ4n) is 1.82. The zero-order chi connectivity index (χ0) is 10.7. The van der Waals surface area contributed by atoms with E-state index >= 15 is 0 Å². The van der Waals surface area contributed by atoms with Gasteiger partial charge in [-0.1, -0.05) is 18.2 Å². The number of nitrogens with one attached hydrogen (secondary N) is 1. The third kappa shape index (κ3) is 2.06. The fourth-order valence-corrected chi connectivity index (χ4v) is 1.82. The zero-order valence-corrected chi connectivity index (χ0v) is 8.79. The van der Waals surface area contributed by atoms with Gasteiger partial charge in [-0.05, 0) is 24.8 Å². The van der Waals surface area contributed by atoms with E-state index < -0.39 is 0 Å². The van der Waals surface area contributed by atoms with Crippen molar-refractivity contribution in [1.29, 1.82) is 0 Å². The largest absolute Gasteiger partial charge is 0.365 e. The van der Waals surface area contributed by atoms with Crippen molar-refractivity contribution in [2.75, 3.05) is 11.9 Å². The number of hydrogen-bond donors (Lipinski definition) is 1. The summed E-state index contributed by atoms with van der Waals surface area (Å²) < 4.78 is 0. The maximum absolute atomic E-state index is 4.11. The van der Waals surface area contributed by atoms with Crippen LogP contribution in [0.15, 0.2) is 31.0 Å². The summed E-state index contributed by atoms with van der Waals surface area (Å²) in [5.74, 6) is 0.883. The Morgan fingerprint density at radius 1 is 1.47 bits per heavy atom. The maximum Gasteiger partial charge on any atom is 0.152 e. The van der Waals surface area contributed by atoms with Crippen molar-refractivity contribution in [3.05, 3.63) is 42.1 Å². The molecule has 1 aromatic heterocycles. The molecule has 2 rings (SSSR count). The third-order valence-electron chi connectivity index (χ3n) is 2.63. The molecule has 1 N–H and O–H groups in total. The lowest BCUT2D eigenvalue weighted by molar-refractivity contribution is 0.812. The van der Waals surface area contributed by atoms with Gasteiger partial charge in [0.05, 0.1) is 6.20 Å². The van der Waals surface area contributed by atoms with Crippen LogP contribution < -0.4 is 5.32 Å². The van der Waals surface area contributed by atoms with Crippen molar-refractivity contribution in [1.82, 2.24) is 10.2 Å². The standard InChI is InChI=1S/C12H15N3/c1-3-6-13-12-11-7-9(2)4-5-10(11)8-14-15-12/h3,8H,1-2,4-7H2,(H,13,15). The predicted molar refractivity (Wildman–Crippen MR) is 61.9 cm³/mol. The lowest BCUT2D eigenvalue weighted by Gasteiger charge is -2.19. The van der Waals surface area contributed by atoms with E-state index in [0.29, 0.717) is 0 Å². The molecule has 3 heteroatoms. The Kier molecular flexibility index (Phi) is 2.81. The first-order valence-corrected chi connectivity index (χ1v) is 5.16. The van der Waals surface area contributed by atoms with Crippen molar-refractivity contribution < 1.29 is 0 Å². The van der Waals surface area contributed by atoms with E-state index in [4.69, 9.17) is 0 Å². The Bertz CT molecular complexity index is 396. The van der Waals surface area contributed by atoms with Crippen molar-refractivity contribution in [3.63, 3.8) is 0 Å². The van der Waals surface area contributed by atoms with E-state index in [2.05, 4.69) is 28.7 Å². The van der Waals surface area contributed by atoms with E-state index in [1.54, 1.807) is 0 Å². The molecule has 0 radical (unpaired) electrons. The SMILES string of the molecule is C=CCNc1nncc2c1CC(=C)CC2. The van der Waals surface area contributed by atoms with E-state index in [0.717, 1.165) is 31.6 Å². The highest BCUT2D eigenvalue weighted by Crippen LogP contribution is 2.27. The number of aromatic nitrogens is 2.